The van der Waals surface area contributed by atoms with Crippen molar-refractivity contribution >= 4 is 17.5 Å². The van der Waals surface area contributed by atoms with Crippen molar-refractivity contribution in [2.24, 2.45) is 0 Å². The van der Waals surface area contributed by atoms with E-state index < -0.39 is 0 Å². The third-order valence-electron chi connectivity index (χ3n) is 2.90. The van der Waals surface area contributed by atoms with Crippen molar-refractivity contribution in [3.8, 4) is 0 Å². The molecule has 1 aliphatic heterocycles. The molecule has 1 fully saturated rings. The summed E-state index contributed by atoms with van der Waals surface area (Å²) in [4.78, 5) is 17.6. The van der Waals surface area contributed by atoms with Gasteiger partial charge in [0.15, 0.2) is 0 Å². The molecule has 2 atom stereocenters. The van der Waals surface area contributed by atoms with Crippen molar-refractivity contribution < 1.29 is 4.79 Å². The van der Waals surface area contributed by atoms with E-state index in [0.717, 1.165) is 12.0 Å². The van der Waals surface area contributed by atoms with Gasteiger partial charge in [-0.05, 0) is 25.0 Å². The van der Waals surface area contributed by atoms with Crippen LogP contribution in [0.25, 0.3) is 0 Å². The van der Waals surface area contributed by atoms with Crippen LogP contribution in [0.4, 0.5) is 0 Å². The van der Waals surface area contributed by atoms with E-state index in [1.54, 1.807) is 6.20 Å². The molecule has 0 aliphatic carbocycles. The lowest BCUT2D eigenvalue weighted by Gasteiger charge is -2.24. The van der Waals surface area contributed by atoms with Gasteiger partial charge in [0, 0.05) is 31.4 Å². The summed E-state index contributed by atoms with van der Waals surface area (Å²) in [7, 11) is 0. The fourth-order valence-electron chi connectivity index (χ4n) is 2.08. The maximum absolute atomic E-state index is 11.6. The van der Waals surface area contributed by atoms with Crippen LogP contribution in [-0.2, 0) is 11.2 Å². The summed E-state index contributed by atoms with van der Waals surface area (Å²) in [6, 6.07) is 4.14. The minimum Gasteiger partial charge on any atom is -0.338 e. The van der Waals surface area contributed by atoms with Crippen molar-refractivity contribution in [1.82, 2.24) is 9.88 Å². The number of amides is 1. The van der Waals surface area contributed by atoms with E-state index in [0.29, 0.717) is 13.0 Å². The number of aromatic nitrogens is 1. The maximum atomic E-state index is 11.6. The van der Waals surface area contributed by atoms with Gasteiger partial charge in [0.2, 0.25) is 5.91 Å². The fourth-order valence-corrected chi connectivity index (χ4v) is 2.36. The molecule has 0 spiro atoms. The first-order valence-corrected chi connectivity index (χ1v) is 5.93. The quantitative estimate of drug-likeness (QED) is 0.753. The lowest BCUT2D eigenvalue weighted by atomic mass is 10.1. The molecule has 2 heterocycles. The predicted octanol–water partition coefficient (Wildman–Crippen LogP) is 1.85. The van der Waals surface area contributed by atoms with E-state index in [1.165, 1.54) is 0 Å². The van der Waals surface area contributed by atoms with E-state index in [4.69, 9.17) is 11.6 Å². The highest BCUT2D eigenvalue weighted by atomic mass is 35.5. The molecule has 1 aromatic heterocycles. The molecule has 0 radical (unpaired) electrons. The average Bonchev–Trinajstić information content (AvgIpc) is 2.59. The Labute approximate surface area is 100 Å². The lowest BCUT2D eigenvalue weighted by Crippen LogP contribution is -2.36. The van der Waals surface area contributed by atoms with Gasteiger partial charge >= 0.3 is 0 Å². The third-order valence-corrected chi connectivity index (χ3v) is 3.19. The van der Waals surface area contributed by atoms with E-state index in [-0.39, 0.29) is 17.3 Å². The SMILES string of the molecule is CC(Cc1cccnc1)N1CC(Cl)CC1=O. The second-order valence-corrected chi connectivity index (χ2v) is 4.88. The van der Waals surface area contributed by atoms with Crippen molar-refractivity contribution in [2.75, 3.05) is 6.54 Å². The van der Waals surface area contributed by atoms with Crippen LogP contribution in [-0.4, -0.2) is 33.8 Å². The molecule has 1 aliphatic rings. The van der Waals surface area contributed by atoms with Gasteiger partial charge in [-0.3, -0.25) is 9.78 Å². The van der Waals surface area contributed by atoms with Crippen molar-refractivity contribution in [3.05, 3.63) is 30.1 Å². The van der Waals surface area contributed by atoms with Crippen LogP contribution >= 0.6 is 11.6 Å². The minimum absolute atomic E-state index is 0.0242. The summed E-state index contributed by atoms with van der Waals surface area (Å²) in [5.74, 6) is 0.163. The first kappa shape index (κ1) is 11.4. The molecule has 0 N–H and O–H groups in total. The Morgan fingerprint density at radius 2 is 2.50 bits per heavy atom. The molecule has 3 nitrogen and oxygen atoms in total. The van der Waals surface area contributed by atoms with Gasteiger partial charge in [-0.1, -0.05) is 6.07 Å². The minimum atomic E-state index is -0.0242. The van der Waals surface area contributed by atoms with Gasteiger partial charge in [0.25, 0.3) is 0 Å². The van der Waals surface area contributed by atoms with Crippen LogP contribution in [0.15, 0.2) is 24.5 Å². The van der Waals surface area contributed by atoms with Crippen molar-refractivity contribution in [1.29, 1.82) is 0 Å². The van der Waals surface area contributed by atoms with E-state index >= 15 is 0 Å². The number of rotatable bonds is 3. The van der Waals surface area contributed by atoms with Gasteiger partial charge in [-0.25, -0.2) is 0 Å². The number of hydrogen-bond donors (Lipinski definition) is 0. The molecule has 1 saturated heterocycles. The highest BCUT2D eigenvalue weighted by Gasteiger charge is 2.31. The van der Waals surface area contributed by atoms with E-state index in [9.17, 15) is 4.79 Å². The van der Waals surface area contributed by atoms with Crippen LogP contribution in [0.3, 0.4) is 0 Å². The van der Waals surface area contributed by atoms with Gasteiger partial charge in [0.1, 0.15) is 0 Å². The molecule has 86 valence electrons. The summed E-state index contributed by atoms with van der Waals surface area (Å²) in [5, 5.41) is -0.0242. The van der Waals surface area contributed by atoms with Gasteiger partial charge < -0.3 is 4.90 Å². The Hall–Kier alpha value is -1.09. The Balaban J connectivity index is 1.98. The zero-order valence-corrected chi connectivity index (χ0v) is 10.0. The molecule has 0 saturated carbocycles. The molecular formula is C12H15ClN2O. The van der Waals surface area contributed by atoms with Crippen LogP contribution in [0.2, 0.25) is 0 Å². The zero-order chi connectivity index (χ0) is 11.5. The summed E-state index contributed by atoms with van der Waals surface area (Å²) in [6.07, 6.45) is 4.90. The number of alkyl halides is 1. The van der Waals surface area contributed by atoms with Crippen molar-refractivity contribution in [2.45, 2.75) is 31.2 Å². The first-order valence-electron chi connectivity index (χ1n) is 5.49. The van der Waals surface area contributed by atoms with Gasteiger partial charge in [-0.2, -0.15) is 0 Å². The smallest absolute Gasteiger partial charge is 0.224 e. The van der Waals surface area contributed by atoms with Crippen LogP contribution in [0.1, 0.15) is 18.9 Å². The first-order chi connectivity index (χ1) is 7.66. The molecule has 4 heteroatoms. The number of hydrogen-bond acceptors (Lipinski definition) is 2. The zero-order valence-electron chi connectivity index (χ0n) is 9.27. The molecule has 0 aromatic carbocycles. The number of carbonyl (C=O) groups is 1. The van der Waals surface area contributed by atoms with Gasteiger partial charge in [0.05, 0.1) is 5.38 Å². The largest absolute Gasteiger partial charge is 0.338 e. The summed E-state index contributed by atoms with van der Waals surface area (Å²) >= 11 is 5.97. The summed E-state index contributed by atoms with van der Waals surface area (Å²) in [5.41, 5.74) is 1.15. The number of likely N-dealkylation sites (tertiary alicyclic amines) is 1. The van der Waals surface area contributed by atoms with Gasteiger partial charge in [-0.15, -0.1) is 11.6 Å². The maximum Gasteiger partial charge on any atom is 0.224 e. The monoisotopic (exact) mass is 238 g/mol. The summed E-state index contributed by atoms with van der Waals surface area (Å²) < 4.78 is 0. The molecule has 16 heavy (non-hydrogen) atoms. The van der Waals surface area contributed by atoms with Crippen LogP contribution in [0.5, 0.6) is 0 Å². The molecule has 0 bridgehead atoms. The number of pyridine rings is 1. The van der Waals surface area contributed by atoms with E-state index in [1.807, 2.05) is 23.2 Å². The number of carbonyl (C=O) groups excluding carboxylic acids is 1. The second kappa shape index (κ2) is 4.83. The lowest BCUT2D eigenvalue weighted by molar-refractivity contribution is -0.129. The standard InChI is InChI=1S/C12H15ClN2O/c1-9(5-10-3-2-4-14-7-10)15-8-11(13)6-12(15)16/h2-4,7,9,11H,5-6,8H2,1H3. The average molecular weight is 239 g/mol. The molecule has 2 rings (SSSR count). The molecular weight excluding hydrogens is 224 g/mol. The fraction of sp³-hybridized carbons (Fsp3) is 0.500. The highest BCUT2D eigenvalue weighted by molar-refractivity contribution is 6.22. The van der Waals surface area contributed by atoms with Crippen LogP contribution < -0.4 is 0 Å². The summed E-state index contributed by atoms with van der Waals surface area (Å²) in [6.45, 7) is 2.72. The normalized spacial score (nSPS) is 22.5. The third kappa shape index (κ3) is 2.53. The number of halogens is 1. The Bertz CT molecular complexity index is 369. The Morgan fingerprint density at radius 3 is 3.06 bits per heavy atom. The topological polar surface area (TPSA) is 33.2 Å². The highest BCUT2D eigenvalue weighted by Crippen LogP contribution is 2.20. The van der Waals surface area contributed by atoms with Crippen molar-refractivity contribution in [3.63, 3.8) is 0 Å². The molecule has 1 amide bonds. The molecule has 2 unspecified atom stereocenters. The van der Waals surface area contributed by atoms with E-state index in [2.05, 4.69) is 11.9 Å². The second-order valence-electron chi connectivity index (χ2n) is 4.26. The number of nitrogens with zero attached hydrogens (tertiary/aromatic N) is 2. The Morgan fingerprint density at radius 1 is 1.69 bits per heavy atom. The predicted molar refractivity (Wildman–Crippen MR) is 63.4 cm³/mol. The molecule has 1 aromatic rings. The Kier molecular flexibility index (Phi) is 3.44. The van der Waals surface area contributed by atoms with Crippen LogP contribution in [0, 0.1) is 0 Å².